The van der Waals surface area contributed by atoms with Crippen molar-refractivity contribution in [3.63, 3.8) is 0 Å². The van der Waals surface area contributed by atoms with Crippen LogP contribution >= 0.6 is 0 Å². The van der Waals surface area contributed by atoms with Crippen LogP contribution in [0.25, 0.3) is 0 Å². The summed E-state index contributed by atoms with van der Waals surface area (Å²) in [6, 6.07) is 0. The molecule has 0 aliphatic heterocycles. The predicted molar refractivity (Wildman–Crippen MR) is 47.4 cm³/mol. The minimum atomic E-state index is 0.616. The normalized spacial score (nSPS) is 24.8. The topological polar surface area (TPSA) is 0 Å². The second-order valence-corrected chi connectivity index (χ2v) is 6.29. The van der Waals surface area contributed by atoms with Crippen molar-refractivity contribution >= 4 is 6.16 Å². The molecule has 1 aliphatic carbocycles. The molecule has 0 amide bonds. The summed E-state index contributed by atoms with van der Waals surface area (Å²) in [4.78, 5) is 0. The van der Waals surface area contributed by atoms with Crippen LogP contribution in [0.5, 0.6) is 0 Å². The van der Waals surface area contributed by atoms with Gasteiger partial charge in [-0.05, 0) is 0 Å². The molecule has 0 aromatic carbocycles. The van der Waals surface area contributed by atoms with Crippen molar-refractivity contribution in [2.75, 3.05) is 0 Å². The molecule has 0 radical (unpaired) electrons. The van der Waals surface area contributed by atoms with Crippen molar-refractivity contribution in [3.05, 3.63) is 21.9 Å². The Morgan fingerprint density at radius 2 is 1.73 bits per heavy atom. The monoisotopic (exact) mass is 240 g/mol. The fraction of sp³-hybridized carbons (Fsp3) is 0.556. The van der Waals surface area contributed by atoms with E-state index in [1.807, 2.05) is 0 Å². The molecule has 11 heavy (non-hydrogen) atoms. The molecule has 0 N–H and O–H groups in total. The van der Waals surface area contributed by atoms with Gasteiger partial charge < -0.3 is 0 Å². The van der Waals surface area contributed by atoms with Crippen LogP contribution in [-0.2, 0) is 23.3 Å². The molecule has 58 valence electrons. The van der Waals surface area contributed by atoms with Gasteiger partial charge in [0.15, 0.2) is 0 Å². The third kappa shape index (κ3) is 1.53. The fourth-order valence-electron chi connectivity index (χ4n) is 1.63. The summed E-state index contributed by atoms with van der Waals surface area (Å²) in [7, 11) is 0. The van der Waals surface area contributed by atoms with Crippen molar-refractivity contribution in [3.8, 4) is 0 Å². The first kappa shape index (κ1) is 9.67. The molecule has 1 aliphatic rings. The maximum atomic E-state index is 2.35. The van der Waals surface area contributed by atoms with Crippen LogP contribution in [0.2, 0.25) is 0 Å². The Morgan fingerprint density at radius 1 is 1.18 bits per heavy atom. The van der Waals surface area contributed by atoms with E-state index in [0.717, 1.165) is 5.92 Å². The van der Waals surface area contributed by atoms with Gasteiger partial charge in [-0.1, -0.05) is 0 Å². The zero-order chi connectivity index (χ0) is 8.59. The molecule has 0 spiro atoms. The first-order valence-corrected chi connectivity index (χ1v) is 9.39. The summed E-state index contributed by atoms with van der Waals surface area (Å²) in [5.41, 5.74) is 4.76. The van der Waals surface area contributed by atoms with E-state index in [9.17, 15) is 0 Å². The Morgan fingerprint density at radius 3 is 1.91 bits per heavy atom. The molecule has 1 unspecified atom stereocenters. The average molecular weight is 242 g/mol. The van der Waals surface area contributed by atoms with E-state index in [1.54, 1.807) is 45.3 Å². The quantitative estimate of drug-likeness (QED) is 0.617. The Hall–Kier alpha value is 0.580. The van der Waals surface area contributed by atoms with Crippen molar-refractivity contribution in [1.29, 1.82) is 0 Å². The Bertz CT molecular complexity index is 261. The van der Waals surface area contributed by atoms with Gasteiger partial charge in [0.1, 0.15) is 0 Å². The summed E-state index contributed by atoms with van der Waals surface area (Å²) in [5, 5.41) is 1.76. The molecule has 0 aromatic heterocycles. The number of rotatable bonds is 1. The van der Waals surface area contributed by atoms with E-state index in [4.69, 9.17) is 0 Å². The third-order valence-electron chi connectivity index (χ3n) is 2.86. The van der Waals surface area contributed by atoms with Gasteiger partial charge >= 0.3 is 85.0 Å². The molecular weight excluding hydrogens is 227 g/mol. The van der Waals surface area contributed by atoms with Gasteiger partial charge in [0.2, 0.25) is 0 Å². The number of hydrogen-bond donors (Lipinski definition) is 0. The van der Waals surface area contributed by atoms with Gasteiger partial charge in [-0.3, -0.25) is 0 Å². The van der Waals surface area contributed by atoms with Gasteiger partial charge in [0.05, 0.1) is 0 Å². The molecule has 0 saturated heterocycles. The molecule has 1 atom stereocenters. The van der Waals surface area contributed by atoms with Crippen LogP contribution in [0.15, 0.2) is 21.9 Å². The SMILES string of the molecule is CC1=C(C)C(C)C([SiH]=[Zr])=C1C. The van der Waals surface area contributed by atoms with Crippen LogP contribution in [0.3, 0.4) is 0 Å². The van der Waals surface area contributed by atoms with Gasteiger partial charge in [-0.15, -0.1) is 0 Å². The van der Waals surface area contributed by atoms with Gasteiger partial charge in [-0.2, -0.15) is 0 Å². The zero-order valence-electron chi connectivity index (χ0n) is 7.65. The molecule has 0 aromatic rings. The molecule has 1 rings (SSSR count). The zero-order valence-corrected chi connectivity index (χ0v) is 11.3. The van der Waals surface area contributed by atoms with Gasteiger partial charge in [0, 0.05) is 0 Å². The first-order chi connectivity index (χ1) is 5.09. The van der Waals surface area contributed by atoms with Gasteiger partial charge in [-0.25, -0.2) is 0 Å². The van der Waals surface area contributed by atoms with Crippen LogP contribution in [0.1, 0.15) is 27.7 Å². The Kier molecular flexibility index (Phi) is 3.10. The molecule has 0 fully saturated rings. The second-order valence-electron chi connectivity index (χ2n) is 3.25. The summed E-state index contributed by atoms with van der Waals surface area (Å²) in [6.07, 6.45) is 0.616. The fourth-order valence-corrected chi connectivity index (χ4v) is 6.00. The van der Waals surface area contributed by atoms with Crippen molar-refractivity contribution in [2.45, 2.75) is 27.7 Å². The van der Waals surface area contributed by atoms with E-state index in [2.05, 4.69) is 27.7 Å². The third-order valence-corrected chi connectivity index (χ3v) is 6.40. The van der Waals surface area contributed by atoms with Crippen LogP contribution in [0.4, 0.5) is 0 Å². The summed E-state index contributed by atoms with van der Waals surface area (Å²) >= 11 is 1.72. The standard InChI is InChI=1S/C9H14Si.Zr/c1-5-6(2)8(4)9(10)7(5)3;/h7,10H,1-4H3;. The summed E-state index contributed by atoms with van der Waals surface area (Å²) in [5.74, 6) is 0.768. The Balaban J connectivity index is 3.14. The van der Waals surface area contributed by atoms with Crippen molar-refractivity contribution in [1.82, 2.24) is 0 Å². The Labute approximate surface area is 84.7 Å². The summed E-state index contributed by atoms with van der Waals surface area (Å²) < 4.78 is 0. The predicted octanol–water partition coefficient (Wildman–Crippen LogP) is 2.14. The second kappa shape index (κ2) is 3.53. The molecule has 0 saturated carbocycles. The molecular formula is C9H14SiZr. The minimum absolute atomic E-state index is 0.616. The molecule has 0 nitrogen and oxygen atoms in total. The van der Waals surface area contributed by atoms with E-state index in [-0.39, 0.29) is 0 Å². The van der Waals surface area contributed by atoms with Crippen molar-refractivity contribution < 1.29 is 23.3 Å². The number of allylic oxidation sites excluding steroid dienone is 4. The summed E-state index contributed by atoms with van der Waals surface area (Å²) in [6.45, 7) is 9.18. The van der Waals surface area contributed by atoms with E-state index < -0.39 is 0 Å². The van der Waals surface area contributed by atoms with Crippen molar-refractivity contribution in [2.24, 2.45) is 5.92 Å². The molecule has 0 heterocycles. The average Bonchev–Trinajstić information content (AvgIpc) is 2.17. The van der Waals surface area contributed by atoms with Crippen LogP contribution < -0.4 is 0 Å². The van der Waals surface area contributed by atoms with Gasteiger partial charge in [0.25, 0.3) is 0 Å². The van der Waals surface area contributed by atoms with E-state index in [1.165, 1.54) is 0 Å². The van der Waals surface area contributed by atoms with Crippen LogP contribution in [0, 0.1) is 5.92 Å². The first-order valence-electron chi connectivity index (χ1n) is 3.98. The molecule has 2 heteroatoms. The van der Waals surface area contributed by atoms with E-state index in [0.29, 0.717) is 6.16 Å². The molecule has 0 bridgehead atoms. The maximum absolute atomic E-state index is 2.35. The van der Waals surface area contributed by atoms with E-state index >= 15 is 0 Å². The van der Waals surface area contributed by atoms with Crippen LogP contribution in [-0.4, -0.2) is 6.16 Å². The number of hydrogen-bond acceptors (Lipinski definition) is 0.